The molecule has 2 aromatic carbocycles. The first-order valence-electron chi connectivity index (χ1n) is 6.17. The first-order valence-corrected chi connectivity index (χ1v) is 6.92. The van der Waals surface area contributed by atoms with Crippen LogP contribution >= 0.6 is 23.2 Å². The van der Waals surface area contributed by atoms with Crippen LogP contribution in [0.15, 0.2) is 36.4 Å². The molecule has 0 aliphatic rings. The summed E-state index contributed by atoms with van der Waals surface area (Å²) in [6, 6.07) is 10.2. The van der Waals surface area contributed by atoms with E-state index in [0.29, 0.717) is 33.6 Å². The maximum Gasteiger partial charge on any atom is 0.248 e. The van der Waals surface area contributed by atoms with Crippen LogP contribution in [0.4, 0.5) is 5.69 Å². The fourth-order valence-electron chi connectivity index (χ4n) is 1.89. The lowest BCUT2D eigenvalue weighted by Gasteiger charge is -2.12. The number of primary amides is 1. The molecule has 0 saturated carbocycles. The zero-order valence-electron chi connectivity index (χ0n) is 11.3. The van der Waals surface area contributed by atoms with E-state index in [1.165, 1.54) is 0 Å². The molecule has 0 heterocycles. The van der Waals surface area contributed by atoms with Gasteiger partial charge < -0.3 is 15.8 Å². The number of anilines is 1. The Morgan fingerprint density at radius 1 is 1.24 bits per heavy atom. The van der Waals surface area contributed by atoms with E-state index in [9.17, 15) is 4.79 Å². The number of halogens is 2. The number of hydrogen-bond acceptors (Lipinski definition) is 3. The Bertz CT molecular complexity index is 675. The fraction of sp³-hybridized carbons (Fsp3) is 0.133. The molecule has 110 valence electrons. The van der Waals surface area contributed by atoms with Crippen molar-refractivity contribution in [3.05, 3.63) is 57.6 Å². The molecule has 0 saturated heterocycles. The van der Waals surface area contributed by atoms with Crippen molar-refractivity contribution in [3.63, 3.8) is 0 Å². The first-order chi connectivity index (χ1) is 10.0. The normalized spacial score (nSPS) is 10.2. The van der Waals surface area contributed by atoms with Crippen molar-refractivity contribution < 1.29 is 9.53 Å². The minimum Gasteiger partial charge on any atom is -0.496 e. The summed E-state index contributed by atoms with van der Waals surface area (Å²) in [5.74, 6) is 0.212. The minimum atomic E-state index is -0.505. The van der Waals surface area contributed by atoms with Gasteiger partial charge in [-0.2, -0.15) is 0 Å². The van der Waals surface area contributed by atoms with Gasteiger partial charge in [0.2, 0.25) is 5.91 Å². The molecule has 1 amide bonds. The highest BCUT2D eigenvalue weighted by molar-refractivity contribution is 6.33. The Morgan fingerprint density at radius 2 is 2.00 bits per heavy atom. The molecule has 0 bridgehead atoms. The molecule has 0 fully saturated rings. The molecule has 0 aromatic heterocycles. The Labute approximate surface area is 132 Å². The number of benzene rings is 2. The molecular weight excluding hydrogens is 311 g/mol. The van der Waals surface area contributed by atoms with Crippen LogP contribution in [0.1, 0.15) is 15.9 Å². The summed E-state index contributed by atoms with van der Waals surface area (Å²) in [6.07, 6.45) is 0. The number of carbonyl (C=O) groups excluding carboxylic acids is 1. The number of ether oxygens (including phenoxy) is 1. The van der Waals surface area contributed by atoms with Crippen molar-refractivity contribution in [1.29, 1.82) is 0 Å². The minimum absolute atomic E-state index is 0.389. The molecule has 2 rings (SSSR count). The van der Waals surface area contributed by atoms with Gasteiger partial charge in [0.15, 0.2) is 0 Å². The van der Waals surface area contributed by atoms with E-state index in [-0.39, 0.29) is 0 Å². The Morgan fingerprint density at radius 3 is 2.67 bits per heavy atom. The van der Waals surface area contributed by atoms with Crippen LogP contribution in [0.2, 0.25) is 10.0 Å². The van der Waals surface area contributed by atoms with Gasteiger partial charge in [-0.15, -0.1) is 0 Å². The molecular formula is C15H14Cl2N2O2. The molecule has 2 aromatic rings. The van der Waals surface area contributed by atoms with Crippen LogP contribution in [0.25, 0.3) is 0 Å². The second-order valence-electron chi connectivity index (χ2n) is 4.37. The third-order valence-corrected chi connectivity index (χ3v) is 3.53. The number of methoxy groups -OCH3 is 1. The van der Waals surface area contributed by atoms with Gasteiger partial charge in [0.1, 0.15) is 5.75 Å². The zero-order valence-corrected chi connectivity index (χ0v) is 12.8. The molecule has 0 atom stereocenters. The second-order valence-corrected chi connectivity index (χ2v) is 5.21. The van der Waals surface area contributed by atoms with Crippen molar-refractivity contribution >= 4 is 34.8 Å². The Hall–Kier alpha value is -1.91. The van der Waals surface area contributed by atoms with E-state index < -0.39 is 5.91 Å². The summed E-state index contributed by atoms with van der Waals surface area (Å²) in [7, 11) is 1.59. The van der Waals surface area contributed by atoms with Crippen LogP contribution in [0.3, 0.4) is 0 Å². The average Bonchev–Trinajstić information content (AvgIpc) is 2.46. The van der Waals surface area contributed by atoms with Gasteiger partial charge in [-0.3, -0.25) is 4.79 Å². The van der Waals surface area contributed by atoms with E-state index in [4.69, 9.17) is 33.7 Å². The van der Waals surface area contributed by atoms with Crippen molar-refractivity contribution in [2.75, 3.05) is 12.4 Å². The predicted molar refractivity (Wildman–Crippen MR) is 85.3 cm³/mol. The van der Waals surface area contributed by atoms with Crippen LogP contribution in [0.5, 0.6) is 5.75 Å². The molecule has 4 nitrogen and oxygen atoms in total. The van der Waals surface area contributed by atoms with Gasteiger partial charge in [0, 0.05) is 22.7 Å². The molecule has 3 N–H and O–H groups in total. The number of nitrogens with one attached hydrogen (secondary N) is 1. The number of nitrogens with two attached hydrogens (primary N) is 1. The topological polar surface area (TPSA) is 64.3 Å². The lowest BCUT2D eigenvalue weighted by molar-refractivity contribution is 0.100. The van der Waals surface area contributed by atoms with E-state index in [1.54, 1.807) is 43.5 Å². The van der Waals surface area contributed by atoms with E-state index in [0.717, 1.165) is 5.56 Å². The van der Waals surface area contributed by atoms with Gasteiger partial charge in [0.25, 0.3) is 0 Å². The lowest BCUT2D eigenvalue weighted by Crippen LogP contribution is -2.11. The summed E-state index contributed by atoms with van der Waals surface area (Å²) in [5, 5.41) is 4.26. The summed E-state index contributed by atoms with van der Waals surface area (Å²) < 4.78 is 5.28. The molecule has 0 aliphatic heterocycles. The van der Waals surface area contributed by atoms with Crippen molar-refractivity contribution in [2.45, 2.75) is 6.54 Å². The highest BCUT2D eigenvalue weighted by Crippen LogP contribution is 2.27. The van der Waals surface area contributed by atoms with Crippen molar-refractivity contribution in [2.24, 2.45) is 5.73 Å². The maximum absolute atomic E-state index is 11.2. The quantitative estimate of drug-likeness (QED) is 0.881. The Kier molecular flexibility index (Phi) is 4.94. The number of carbonyl (C=O) groups is 1. The molecule has 6 heteroatoms. The van der Waals surface area contributed by atoms with Crippen LogP contribution < -0.4 is 15.8 Å². The van der Waals surface area contributed by atoms with Crippen molar-refractivity contribution in [1.82, 2.24) is 0 Å². The summed E-state index contributed by atoms with van der Waals surface area (Å²) in [6.45, 7) is 0.450. The molecule has 0 radical (unpaired) electrons. The van der Waals surface area contributed by atoms with Gasteiger partial charge in [0.05, 0.1) is 17.8 Å². The van der Waals surface area contributed by atoms with Gasteiger partial charge in [-0.1, -0.05) is 23.2 Å². The Balaban J connectivity index is 2.22. The van der Waals surface area contributed by atoms with Crippen LogP contribution in [0, 0.1) is 0 Å². The average molecular weight is 325 g/mol. The summed E-state index contributed by atoms with van der Waals surface area (Å²) in [4.78, 5) is 11.2. The van der Waals surface area contributed by atoms with Gasteiger partial charge in [-0.05, 0) is 36.4 Å². The highest BCUT2D eigenvalue weighted by Gasteiger charge is 2.08. The van der Waals surface area contributed by atoms with Gasteiger partial charge in [-0.25, -0.2) is 0 Å². The monoisotopic (exact) mass is 324 g/mol. The fourth-order valence-corrected chi connectivity index (χ4v) is 2.27. The lowest BCUT2D eigenvalue weighted by atomic mass is 10.1. The maximum atomic E-state index is 11.2. The highest BCUT2D eigenvalue weighted by atomic mass is 35.5. The van der Waals surface area contributed by atoms with E-state index in [2.05, 4.69) is 5.32 Å². The summed E-state index contributed by atoms with van der Waals surface area (Å²) in [5.41, 5.74) is 7.15. The molecule has 0 spiro atoms. The largest absolute Gasteiger partial charge is 0.496 e. The van der Waals surface area contributed by atoms with Crippen molar-refractivity contribution in [3.8, 4) is 5.75 Å². The van der Waals surface area contributed by atoms with E-state index in [1.807, 2.05) is 0 Å². The number of rotatable bonds is 5. The second kappa shape index (κ2) is 6.70. The van der Waals surface area contributed by atoms with Gasteiger partial charge >= 0.3 is 0 Å². The standard InChI is InChI=1S/C15H14Cl2N2O2/c1-21-14-5-3-11(16)6-10(14)8-19-13-7-9(15(18)20)2-4-12(13)17/h2-7,19H,8H2,1H3,(H2,18,20). The molecule has 0 aliphatic carbocycles. The molecule has 0 unspecified atom stereocenters. The van der Waals surface area contributed by atoms with Crippen LogP contribution in [-0.2, 0) is 6.54 Å². The summed E-state index contributed by atoms with van der Waals surface area (Å²) >= 11 is 12.1. The number of hydrogen-bond donors (Lipinski definition) is 2. The zero-order chi connectivity index (χ0) is 15.4. The third-order valence-electron chi connectivity index (χ3n) is 2.96. The molecule has 21 heavy (non-hydrogen) atoms. The predicted octanol–water partition coefficient (Wildman–Crippen LogP) is 3.71. The smallest absolute Gasteiger partial charge is 0.248 e. The first kappa shape index (κ1) is 15.5. The van der Waals surface area contributed by atoms with Crippen LogP contribution in [-0.4, -0.2) is 13.0 Å². The number of amides is 1. The van der Waals surface area contributed by atoms with E-state index >= 15 is 0 Å². The third kappa shape index (κ3) is 3.80. The SMILES string of the molecule is COc1ccc(Cl)cc1CNc1cc(C(N)=O)ccc1Cl.